The number of hydrogen-bond donors (Lipinski definition) is 1. The number of benzene rings is 1. The van der Waals surface area contributed by atoms with Crippen molar-refractivity contribution in [3.63, 3.8) is 0 Å². The van der Waals surface area contributed by atoms with Gasteiger partial charge in [0.1, 0.15) is 5.60 Å². The van der Waals surface area contributed by atoms with Crippen LogP contribution in [0.5, 0.6) is 0 Å². The highest BCUT2D eigenvalue weighted by atomic mass is 35.5. The van der Waals surface area contributed by atoms with Gasteiger partial charge in [0.05, 0.1) is 10.0 Å². The fourth-order valence-electron chi connectivity index (χ4n) is 2.15. The van der Waals surface area contributed by atoms with E-state index in [1.807, 2.05) is 13.0 Å². The number of halogens is 2. The third kappa shape index (κ3) is 3.61. The van der Waals surface area contributed by atoms with Gasteiger partial charge < -0.3 is 15.2 Å². The molecule has 5 heteroatoms. The van der Waals surface area contributed by atoms with Gasteiger partial charge in [0.15, 0.2) is 6.29 Å². The molecule has 106 valence electrons. The quantitative estimate of drug-likeness (QED) is 0.922. The maximum Gasteiger partial charge on any atom is 0.158 e. The zero-order valence-electron chi connectivity index (χ0n) is 11.0. The van der Waals surface area contributed by atoms with Gasteiger partial charge in [-0.15, -0.1) is 0 Å². The topological polar surface area (TPSA) is 44.5 Å². The standard InChI is InChI=1S/C14H19Cl2NO2/c1-14(9-17,19-13-4-2-3-7-18-13)10-5-6-11(15)12(16)8-10/h5-6,8,13H,2-4,7,9,17H2,1H3. The zero-order chi connectivity index (χ0) is 13.9. The van der Waals surface area contributed by atoms with Gasteiger partial charge in [-0.3, -0.25) is 0 Å². The summed E-state index contributed by atoms with van der Waals surface area (Å²) in [6.45, 7) is 3.04. The van der Waals surface area contributed by atoms with E-state index in [1.54, 1.807) is 12.1 Å². The molecule has 1 heterocycles. The van der Waals surface area contributed by atoms with E-state index in [0.29, 0.717) is 16.6 Å². The molecule has 0 aliphatic carbocycles. The van der Waals surface area contributed by atoms with Gasteiger partial charge in [0.2, 0.25) is 0 Å². The van der Waals surface area contributed by atoms with Crippen LogP contribution in [0.25, 0.3) is 0 Å². The Morgan fingerprint density at radius 3 is 2.74 bits per heavy atom. The molecule has 0 amide bonds. The molecule has 1 aromatic rings. The summed E-state index contributed by atoms with van der Waals surface area (Å²) in [6.07, 6.45) is 2.91. The highest BCUT2D eigenvalue weighted by Gasteiger charge is 2.31. The monoisotopic (exact) mass is 303 g/mol. The van der Waals surface area contributed by atoms with Crippen molar-refractivity contribution < 1.29 is 9.47 Å². The molecule has 3 nitrogen and oxygen atoms in total. The molecule has 2 rings (SSSR count). The number of nitrogens with two attached hydrogens (primary N) is 1. The van der Waals surface area contributed by atoms with Gasteiger partial charge in [-0.2, -0.15) is 0 Å². The molecule has 0 saturated carbocycles. The summed E-state index contributed by atoms with van der Waals surface area (Å²) in [6, 6.07) is 5.46. The molecule has 1 aromatic carbocycles. The highest BCUT2D eigenvalue weighted by Crippen LogP contribution is 2.32. The lowest BCUT2D eigenvalue weighted by Crippen LogP contribution is -2.40. The fourth-order valence-corrected chi connectivity index (χ4v) is 2.45. The molecule has 1 aliphatic rings. The van der Waals surface area contributed by atoms with Gasteiger partial charge in [0.25, 0.3) is 0 Å². The second-order valence-corrected chi connectivity index (χ2v) is 5.79. The van der Waals surface area contributed by atoms with Crippen molar-refractivity contribution in [1.29, 1.82) is 0 Å². The third-order valence-corrected chi connectivity index (χ3v) is 4.19. The van der Waals surface area contributed by atoms with Crippen LogP contribution in [0, 0.1) is 0 Å². The molecule has 1 saturated heterocycles. The third-order valence-electron chi connectivity index (χ3n) is 3.45. The Kier molecular flexibility index (Phi) is 5.09. The van der Waals surface area contributed by atoms with Gasteiger partial charge in [-0.25, -0.2) is 0 Å². The Bertz CT molecular complexity index is 435. The molecule has 2 unspecified atom stereocenters. The molecule has 0 bridgehead atoms. The predicted molar refractivity (Wildman–Crippen MR) is 77.5 cm³/mol. The highest BCUT2D eigenvalue weighted by molar-refractivity contribution is 6.42. The number of hydrogen-bond acceptors (Lipinski definition) is 3. The minimum absolute atomic E-state index is 0.197. The summed E-state index contributed by atoms with van der Waals surface area (Å²) in [4.78, 5) is 0. The second-order valence-electron chi connectivity index (χ2n) is 4.98. The summed E-state index contributed by atoms with van der Waals surface area (Å²) in [5, 5.41) is 1.03. The molecule has 1 fully saturated rings. The Morgan fingerprint density at radius 2 is 2.16 bits per heavy atom. The van der Waals surface area contributed by atoms with Crippen LogP contribution < -0.4 is 5.73 Å². The lowest BCUT2D eigenvalue weighted by atomic mass is 9.95. The Morgan fingerprint density at radius 1 is 1.37 bits per heavy atom. The summed E-state index contributed by atoms with van der Waals surface area (Å²) in [5.74, 6) is 0. The van der Waals surface area contributed by atoms with Crippen LogP contribution in [-0.2, 0) is 15.1 Å². The summed E-state index contributed by atoms with van der Waals surface area (Å²) in [5.41, 5.74) is 6.19. The molecule has 2 atom stereocenters. The van der Waals surface area contributed by atoms with E-state index in [9.17, 15) is 0 Å². The van der Waals surface area contributed by atoms with Crippen molar-refractivity contribution in [2.75, 3.05) is 13.2 Å². The molecule has 1 aliphatic heterocycles. The maximum atomic E-state index is 6.06. The molecular formula is C14H19Cl2NO2. The normalized spacial score (nSPS) is 23.1. The Labute approximate surface area is 124 Å². The SMILES string of the molecule is CC(CN)(OC1CCCCO1)c1ccc(Cl)c(Cl)c1. The molecule has 0 radical (unpaired) electrons. The first-order chi connectivity index (χ1) is 9.05. The van der Waals surface area contributed by atoms with E-state index >= 15 is 0 Å². The largest absolute Gasteiger partial charge is 0.353 e. The average Bonchev–Trinajstić information content (AvgIpc) is 2.43. The first kappa shape index (κ1) is 15.1. The number of rotatable bonds is 4. The fraction of sp³-hybridized carbons (Fsp3) is 0.571. The zero-order valence-corrected chi connectivity index (χ0v) is 12.5. The average molecular weight is 304 g/mol. The van der Waals surface area contributed by atoms with Crippen LogP contribution in [-0.4, -0.2) is 19.4 Å². The molecule has 0 aromatic heterocycles. The smallest absolute Gasteiger partial charge is 0.158 e. The van der Waals surface area contributed by atoms with Crippen LogP contribution in [0.1, 0.15) is 31.7 Å². The van der Waals surface area contributed by atoms with Crippen molar-refractivity contribution in [3.05, 3.63) is 33.8 Å². The summed E-state index contributed by atoms with van der Waals surface area (Å²) < 4.78 is 11.7. The maximum absolute atomic E-state index is 6.06. The minimum atomic E-state index is -0.615. The predicted octanol–water partition coefficient (Wildman–Crippen LogP) is 3.71. The van der Waals surface area contributed by atoms with Crippen molar-refractivity contribution in [3.8, 4) is 0 Å². The van der Waals surface area contributed by atoms with Crippen LogP contribution in [0.4, 0.5) is 0 Å². The van der Waals surface area contributed by atoms with Crippen molar-refractivity contribution in [1.82, 2.24) is 0 Å². The Balaban J connectivity index is 2.17. The summed E-state index contributed by atoms with van der Waals surface area (Å²) >= 11 is 12.0. The number of ether oxygens (including phenoxy) is 2. The van der Waals surface area contributed by atoms with E-state index in [4.69, 9.17) is 38.4 Å². The van der Waals surface area contributed by atoms with Crippen LogP contribution in [0.3, 0.4) is 0 Å². The summed E-state index contributed by atoms with van der Waals surface area (Å²) in [7, 11) is 0. The van der Waals surface area contributed by atoms with E-state index < -0.39 is 5.60 Å². The van der Waals surface area contributed by atoms with Gasteiger partial charge in [-0.05, 0) is 43.9 Å². The molecule has 2 N–H and O–H groups in total. The van der Waals surface area contributed by atoms with Crippen molar-refractivity contribution >= 4 is 23.2 Å². The van der Waals surface area contributed by atoms with E-state index in [1.165, 1.54) is 0 Å². The van der Waals surface area contributed by atoms with E-state index in [0.717, 1.165) is 31.4 Å². The van der Waals surface area contributed by atoms with Crippen LogP contribution in [0.15, 0.2) is 18.2 Å². The molecular weight excluding hydrogens is 285 g/mol. The van der Waals surface area contributed by atoms with Gasteiger partial charge >= 0.3 is 0 Å². The lowest BCUT2D eigenvalue weighted by Gasteiger charge is -2.35. The Hall–Kier alpha value is -0.320. The van der Waals surface area contributed by atoms with Crippen LogP contribution >= 0.6 is 23.2 Å². The molecule has 19 heavy (non-hydrogen) atoms. The van der Waals surface area contributed by atoms with Crippen molar-refractivity contribution in [2.45, 2.75) is 38.1 Å². The van der Waals surface area contributed by atoms with E-state index in [2.05, 4.69) is 0 Å². The van der Waals surface area contributed by atoms with Gasteiger partial charge in [-0.1, -0.05) is 29.3 Å². The van der Waals surface area contributed by atoms with Crippen LogP contribution in [0.2, 0.25) is 10.0 Å². The lowest BCUT2D eigenvalue weighted by molar-refractivity contribution is -0.221. The first-order valence-corrected chi connectivity index (χ1v) is 7.26. The second kappa shape index (κ2) is 6.42. The minimum Gasteiger partial charge on any atom is -0.353 e. The van der Waals surface area contributed by atoms with Crippen molar-refractivity contribution in [2.24, 2.45) is 5.73 Å². The van der Waals surface area contributed by atoms with E-state index in [-0.39, 0.29) is 6.29 Å². The van der Waals surface area contributed by atoms with Gasteiger partial charge in [0, 0.05) is 13.2 Å². The first-order valence-electron chi connectivity index (χ1n) is 6.50. The molecule has 0 spiro atoms.